The summed E-state index contributed by atoms with van der Waals surface area (Å²) < 4.78 is 0. The number of benzene rings is 1. The highest BCUT2D eigenvalue weighted by Crippen LogP contribution is 2.18. The predicted molar refractivity (Wildman–Crippen MR) is 70.5 cm³/mol. The van der Waals surface area contributed by atoms with Crippen molar-refractivity contribution < 1.29 is 9.59 Å². The van der Waals surface area contributed by atoms with Crippen molar-refractivity contribution in [2.75, 3.05) is 0 Å². The van der Waals surface area contributed by atoms with E-state index in [1.165, 1.54) is 6.07 Å². The minimum Gasteiger partial charge on any atom is -0.366 e. The van der Waals surface area contributed by atoms with Crippen LogP contribution in [0.4, 0.5) is 0 Å². The number of amides is 2. The molecule has 0 fully saturated rings. The third-order valence-corrected chi connectivity index (χ3v) is 2.81. The summed E-state index contributed by atoms with van der Waals surface area (Å²) in [5.41, 5.74) is 12.6. The Bertz CT molecular complexity index is 624. The number of carbonyl (C=O) groups excluding carboxylic acids is 2. The van der Waals surface area contributed by atoms with Gasteiger partial charge in [0, 0.05) is 12.4 Å². The number of rotatable bonds is 4. The standard InChI is InChI=1S/C14H13N3O2/c15-13(18)11-3-1-2-10(12(11)14(16)19)8-9-4-6-17-7-5-9/h1-7H,8H2,(H2,15,18)(H2,16,19). The van der Waals surface area contributed by atoms with E-state index in [1.807, 2.05) is 12.1 Å². The molecule has 2 amide bonds. The lowest BCUT2D eigenvalue weighted by molar-refractivity contribution is 0.0966. The van der Waals surface area contributed by atoms with Gasteiger partial charge in [0.05, 0.1) is 11.1 Å². The zero-order chi connectivity index (χ0) is 13.8. The molecule has 19 heavy (non-hydrogen) atoms. The summed E-state index contributed by atoms with van der Waals surface area (Å²) in [5.74, 6) is -1.32. The molecule has 0 bridgehead atoms. The first-order valence-electron chi connectivity index (χ1n) is 5.70. The molecule has 0 aliphatic rings. The Morgan fingerprint density at radius 3 is 2.26 bits per heavy atom. The van der Waals surface area contributed by atoms with Crippen molar-refractivity contribution in [1.29, 1.82) is 0 Å². The Morgan fingerprint density at radius 2 is 1.68 bits per heavy atom. The van der Waals surface area contributed by atoms with Crippen LogP contribution in [0, 0.1) is 0 Å². The number of carbonyl (C=O) groups is 2. The summed E-state index contributed by atoms with van der Waals surface area (Å²) in [7, 11) is 0. The third kappa shape index (κ3) is 2.77. The molecule has 0 unspecified atom stereocenters. The molecule has 2 aromatic rings. The minimum absolute atomic E-state index is 0.152. The Kier molecular flexibility index (Phi) is 3.56. The van der Waals surface area contributed by atoms with Gasteiger partial charge in [-0.1, -0.05) is 12.1 Å². The van der Waals surface area contributed by atoms with Crippen LogP contribution in [-0.2, 0) is 6.42 Å². The number of nitrogens with zero attached hydrogens (tertiary/aromatic N) is 1. The highest BCUT2D eigenvalue weighted by Gasteiger charge is 2.17. The average molecular weight is 255 g/mol. The maximum Gasteiger partial charge on any atom is 0.249 e. The van der Waals surface area contributed by atoms with Crippen molar-refractivity contribution in [2.24, 2.45) is 11.5 Å². The van der Waals surface area contributed by atoms with E-state index in [2.05, 4.69) is 4.98 Å². The van der Waals surface area contributed by atoms with Gasteiger partial charge in [-0.15, -0.1) is 0 Å². The molecule has 0 aliphatic carbocycles. The van der Waals surface area contributed by atoms with Crippen molar-refractivity contribution in [3.8, 4) is 0 Å². The molecular weight excluding hydrogens is 242 g/mol. The lowest BCUT2D eigenvalue weighted by atomic mass is 9.95. The molecule has 0 saturated carbocycles. The Balaban J connectivity index is 2.48. The normalized spacial score (nSPS) is 10.1. The van der Waals surface area contributed by atoms with E-state index in [0.29, 0.717) is 12.0 Å². The van der Waals surface area contributed by atoms with Gasteiger partial charge in [0.15, 0.2) is 0 Å². The zero-order valence-electron chi connectivity index (χ0n) is 10.2. The molecule has 1 aromatic heterocycles. The van der Waals surface area contributed by atoms with Crippen molar-refractivity contribution >= 4 is 11.8 Å². The van der Waals surface area contributed by atoms with Crippen molar-refractivity contribution in [3.05, 3.63) is 65.0 Å². The Labute approximate surface area is 110 Å². The second-order valence-electron chi connectivity index (χ2n) is 4.10. The molecule has 1 heterocycles. The molecule has 1 aromatic carbocycles. The second-order valence-corrected chi connectivity index (χ2v) is 4.10. The monoisotopic (exact) mass is 255 g/mol. The first kappa shape index (κ1) is 12.8. The van der Waals surface area contributed by atoms with E-state index in [4.69, 9.17) is 11.5 Å². The van der Waals surface area contributed by atoms with Gasteiger partial charge in [-0.3, -0.25) is 14.6 Å². The van der Waals surface area contributed by atoms with Gasteiger partial charge in [0.2, 0.25) is 11.8 Å². The second kappa shape index (κ2) is 5.30. The number of hydrogen-bond donors (Lipinski definition) is 2. The Morgan fingerprint density at radius 1 is 1.00 bits per heavy atom. The summed E-state index contributed by atoms with van der Waals surface area (Å²) in [6.45, 7) is 0. The van der Waals surface area contributed by atoms with E-state index >= 15 is 0 Å². The molecule has 2 rings (SSSR count). The molecule has 96 valence electrons. The summed E-state index contributed by atoms with van der Waals surface area (Å²) in [5, 5.41) is 0. The van der Waals surface area contributed by atoms with Crippen LogP contribution in [0.25, 0.3) is 0 Å². The number of pyridine rings is 1. The predicted octanol–water partition coefficient (Wildman–Crippen LogP) is 0.870. The fraction of sp³-hybridized carbons (Fsp3) is 0.0714. The molecule has 4 N–H and O–H groups in total. The summed E-state index contributed by atoms with van der Waals surface area (Å²) in [6.07, 6.45) is 3.82. The van der Waals surface area contributed by atoms with Gasteiger partial charge in [-0.25, -0.2) is 0 Å². The molecule has 0 aliphatic heterocycles. The Hall–Kier alpha value is -2.69. The van der Waals surface area contributed by atoms with Crippen LogP contribution in [0.2, 0.25) is 0 Å². The fourth-order valence-corrected chi connectivity index (χ4v) is 1.96. The topological polar surface area (TPSA) is 99.1 Å². The molecule has 0 spiro atoms. The van der Waals surface area contributed by atoms with Gasteiger partial charge < -0.3 is 11.5 Å². The van der Waals surface area contributed by atoms with Gasteiger partial charge in [0.1, 0.15) is 0 Å². The van der Waals surface area contributed by atoms with Crippen LogP contribution < -0.4 is 11.5 Å². The molecule has 5 heteroatoms. The van der Waals surface area contributed by atoms with Gasteiger partial charge in [-0.2, -0.15) is 0 Å². The fourth-order valence-electron chi connectivity index (χ4n) is 1.96. The van der Waals surface area contributed by atoms with E-state index in [-0.39, 0.29) is 11.1 Å². The summed E-state index contributed by atoms with van der Waals surface area (Å²) in [6, 6.07) is 8.61. The van der Waals surface area contributed by atoms with Crippen molar-refractivity contribution in [3.63, 3.8) is 0 Å². The largest absolute Gasteiger partial charge is 0.366 e. The molecule has 0 saturated heterocycles. The number of nitrogens with two attached hydrogens (primary N) is 2. The van der Waals surface area contributed by atoms with Crippen LogP contribution in [0.1, 0.15) is 31.8 Å². The quantitative estimate of drug-likeness (QED) is 0.847. The third-order valence-electron chi connectivity index (χ3n) is 2.81. The average Bonchev–Trinajstić information content (AvgIpc) is 2.39. The SMILES string of the molecule is NC(=O)c1cccc(Cc2ccncc2)c1C(N)=O. The number of primary amides is 2. The van der Waals surface area contributed by atoms with Crippen LogP contribution in [0.15, 0.2) is 42.7 Å². The van der Waals surface area contributed by atoms with Gasteiger partial charge in [0.25, 0.3) is 0 Å². The summed E-state index contributed by atoms with van der Waals surface area (Å²) in [4.78, 5) is 26.8. The molecule has 0 atom stereocenters. The summed E-state index contributed by atoms with van der Waals surface area (Å²) >= 11 is 0. The lowest BCUT2D eigenvalue weighted by Gasteiger charge is -2.10. The first-order chi connectivity index (χ1) is 9.09. The maximum absolute atomic E-state index is 11.5. The van der Waals surface area contributed by atoms with E-state index in [0.717, 1.165) is 5.56 Å². The van der Waals surface area contributed by atoms with Crippen LogP contribution >= 0.6 is 0 Å². The van der Waals surface area contributed by atoms with Gasteiger partial charge >= 0.3 is 0 Å². The van der Waals surface area contributed by atoms with Crippen molar-refractivity contribution in [2.45, 2.75) is 6.42 Å². The van der Waals surface area contributed by atoms with Crippen LogP contribution in [0.5, 0.6) is 0 Å². The molecule has 5 nitrogen and oxygen atoms in total. The van der Waals surface area contributed by atoms with Crippen LogP contribution in [-0.4, -0.2) is 16.8 Å². The molecule has 0 radical (unpaired) electrons. The molecular formula is C14H13N3O2. The minimum atomic E-state index is -0.662. The highest BCUT2D eigenvalue weighted by atomic mass is 16.2. The van der Waals surface area contributed by atoms with Gasteiger partial charge in [-0.05, 0) is 35.7 Å². The number of hydrogen-bond acceptors (Lipinski definition) is 3. The number of aromatic nitrogens is 1. The van der Waals surface area contributed by atoms with E-state index in [9.17, 15) is 9.59 Å². The smallest absolute Gasteiger partial charge is 0.249 e. The van der Waals surface area contributed by atoms with Crippen LogP contribution in [0.3, 0.4) is 0 Å². The maximum atomic E-state index is 11.5. The first-order valence-corrected chi connectivity index (χ1v) is 5.70. The highest BCUT2D eigenvalue weighted by molar-refractivity contribution is 6.07. The lowest BCUT2D eigenvalue weighted by Crippen LogP contribution is -2.22. The van der Waals surface area contributed by atoms with E-state index < -0.39 is 11.8 Å². The zero-order valence-corrected chi connectivity index (χ0v) is 10.2. The van der Waals surface area contributed by atoms with Crippen molar-refractivity contribution in [1.82, 2.24) is 4.98 Å². The van der Waals surface area contributed by atoms with E-state index in [1.54, 1.807) is 24.5 Å².